The minimum atomic E-state index is 0.709. The van der Waals surface area contributed by atoms with E-state index in [0.29, 0.717) is 5.02 Å². The predicted molar refractivity (Wildman–Crippen MR) is 86.9 cm³/mol. The van der Waals surface area contributed by atoms with Crippen LogP contribution in [0.4, 0.5) is 0 Å². The summed E-state index contributed by atoms with van der Waals surface area (Å²) in [4.78, 5) is 0. The SMILES string of the molecule is Clc1cc(Br)c2ccc3c(Cl)c(Br)ccc3c2c1. The van der Waals surface area contributed by atoms with E-state index in [1.807, 2.05) is 24.3 Å². The van der Waals surface area contributed by atoms with E-state index in [1.54, 1.807) is 0 Å². The van der Waals surface area contributed by atoms with Gasteiger partial charge >= 0.3 is 0 Å². The molecule has 0 N–H and O–H groups in total. The highest BCUT2D eigenvalue weighted by molar-refractivity contribution is 9.11. The fourth-order valence-electron chi connectivity index (χ4n) is 2.11. The molecule has 0 fully saturated rings. The Morgan fingerprint density at radius 1 is 0.667 bits per heavy atom. The van der Waals surface area contributed by atoms with Crippen LogP contribution >= 0.6 is 55.1 Å². The predicted octanol–water partition coefficient (Wildman–Crippen LogP) is 6.82. The molecule has 0 nitrogen and oxygen atoms in total. The van der Waals surface area contributed by atoms with Gasteiger partial charge in [0.2, 0.25) is 0 Å². The van der Waals surface area contributed by atoms with E-state index in [9.17, 15) is 0 Å². The summed E-state index contributed by atoms with van der Waals surface area (Å²) in [6.45, 7) is 0. The third-order valence-corrected chi connectivity index (χ3v) is 5.10. The minimum absolute atomic E-state index is 0.709. The number of fused-ring (bicyclic) bond motifs is 3. The van der Waals surface area contributed by atoms with Crippen molar-refractivity contribution in [3.05, 3.63) is 55.4 Å². The Bertz CT molecular complexity index is 782. The lowest BCUT2D eigenvalue weighted by Crippen LogP contribution is -1.81. The first-order valence-corrected chi connectivity index (χ1v) is 7.57. The van der Waals surface area contributed by atoms with Crippen LogP contribution in [-0.2, 0) is 0 Å². The van der Waals surface area contributed by atoms with Gasteiger partial charge in [-0.1, -0.05) is 57.3 Å². The molecule has 0 saturated carbocycles. The molecule has 0 unspecified atom stereocenters. The molecule has 0 amide bonds. The zero-order valence-corrected chi connectivity index (χ0v) is 13.7. The lowest BCUT2D eigenvalue weighted by Gasteiger charge is -2.08. The molecule has 0 atom stereocenters. The Balaban J connectivity index is 2.58. The van der Waals surface area contributed by atoms with Crippen LogP contribution in [0.15, 0.2) is 45.3 Å². The largest absolute Gasteiger partial charge is 0.0843 e. The molecule has 4 heteroatoms. The van der Waals surface area contributed by atoms with E-state index >= 15 is 0 Å². The molecule has 3 aromatic rings. The van der Waals surface area contributed by atoms with Gasteiger partial charge in [-0.25, -0.2) is 0 Å². The van der Waals surface area contributed by atoms with Gasteiger partial charge in [-0.2, -0.15) is 0 Å². The fraction of sp³-hybridized carbons (Fsp3) is 0. The average Bonchev–Trinajstić information content (AvgIpc) is 2.33. The van der Waals surface area contributed by atoms with Gasteiger partial charge in [0.05, 0.1) is 5.02 Å². The normalized spacial score (nSPS) is 11.3. The highest BCUT2D eigenvalue weighted by Crippen LogP contribution is 2.38. The van der Waals surface area contributed by atoms with E-state index in [0.717, 1.165) is 35.5 Å². The summed E-state index contributed by atoms with van der Waals surface area (Å²) in [5, 5.41) is 5.79. The second kappa shape index (κ2) is 4.68. The van der Waals surface area contributed by atoms with Crippen LogP contribution in [-0.4, -0.2) is 0 Å². The Hall–Kier alpha value is -0.280. The first-order chi connectivity index (χ1) is 8.58. The van der Waals surface area contributed by atoms with Crippen molar-refractivity contribution in [1.29, 1.82) is 0 Å². The summed E-state index contributed by atoms with van der Waals surface area (Å²) in [7, 11) is 0. The molecule has 18 heavy (non-hydrogen) atoms. The first kappa shape index (κ1) is 12.7. The lowest BCUT2D eigenvalue weighted by molar-refractivity contribution is 1.70. The number of hydrogen-bond acceptors (Lipinski definition) is 0. The Morgan fingerprint density at radius 3 is 2.11 bits per heavy atom. The molecule has 0 aliphatic heterocycles. The Morgan fingerprint density at radius 2 is 1.33 bits per heavy atom. The first-order valence-electron chi connectivity index (χ1n) is 5.23. The number of hydrogen-bond donors (Lipinski definition) is 0. The van der Waals surface area contributed by atoms with E-state index in [-0.39, 0.29) is 0 Å². The number of benzene rings is 3. The van der Waals surface area contributed by atoms with Crippen molar-refractivity contribution in [2.24, 2.45) is 0 Å². The van der Waals surface area contributed by atoms with Crippen molar-refractivity contribution in [3.8, 4) is 0 Å². The monoisotopic (exact) mass is 402 g/mol. The smallest absolute Gasteiger partial charge is 0.0626 e. The molecule has 0 spiro atoms. The topological polar surface area (TPSA) is 0 Å². The van der Waals surface area contributed by atoms with Gasteiger partial charge in [0.25, 0.3) is 0 Å². The van der Waals surface area contributed by atoms with E-state index in [4.69, 9.17) is 23.2 Å². The highest BCUT2D eigenvalue weighted by Gasteiger charge is 2.09. The summed E-state index contributed by atoms with van der Waals surface area (Å²) in [6.07, 6.45) is 0. The van der Waals surface area contributed by atoms with Crippen LogP contribution < -0.4 is 0 Å². The lowest BCUT2D eigenvalue weighted by atomic mass is 10.0. The fourth-order valence-corrected chi connectivity index (χ4v) is 3.62. The molecule has 90 valence electrons. The molecule has 0 bridgehead atoms. The molecule has 0 saturated heterocycles. The number of halogens is 4. The van der Waals surface area contributed by atoms with Gasteiger partial charge in [0, 0.05) is 19.4 Å². The molecular weight excluding hydrogens is 399 g/mol. The van der Waals surface area contributed by atoms with Gasteiger partial charge in [0.15, 0.2) is 0 Å². The highest BCUT2D eigenvalue weighted by atomic mass is 79.9. The van der Waals surface area contributed by atoms with E-state index < -0.39 is 0 Å². The van der Waals surface area contributed by atoms with Crippen LogP contribution in [0.1, 0.15) is 0 Å². The van der Waals surface area contributed by atoms with Crippen LogP contribution in [0.5, 0.6) is 0 Å². The van der Waals surface area contributed by atoms with E-state index in [1.165, 1.54) is 0 Å². The van der Waals surface area contributed by atoms with Gasteiger partial charge < -0.3 is 0 Å². The van der Waals surface area contributed by atoms with Gasteiger partial charge in [-0.3, -0.25) is 0 Å². The quantitative estimate of drug-likeness (QED) is 0.360. The van der Waals surface area contributed by atoms with Crippen LogP contribution in [0.2, 0.25) is 10.0 Å². The molecule has 3 rings (SSSR count). The van der Waals surface area contributed by atoms with Gasteiger partial charge in [-0.15, -0.1) is 0 Å². The van der Waals surface area contributed by atoms with Crippen molar-refractivity contribution in [1.82, 2.24) is 0 Å². The zero-order valence-electron chi connectivity index (χ0n) is 8.98. The Kier molecular flexibility index (Phi) is 3.31. The van der Waals surface area contributed by atoms with Crippen molar-refractivity contribution in [2.75, 3.05) is 0 Å². The van der Waals surface area contributed by atoms with Crippen molar-refractivity contribution in [2.45, 2.75) is 0 Å². The van der Waals surface area contributed by atoms with Gasteiger partial charge in [0.1, 0.15) is 0 Å². The maximum absolute atomic E-state index is 6.31. The Labute approximate surface area is 131 Å². The molecule has 0 aliphatic rings. The third-order valence-electron chi connectivity index (χ3n) is 2.93. The molecule has 0 aliphatic carbocycles. The second-order valence-corrected chi connectivity index (χ2v) is 6.53. The van der Waals surface area contributed by atoms with E-state index in [2.05, 4.69) is 44.0 Å². The summed E-state index contributed by atoms with van der Waals surface area (Å²) in [6, 6.07) is 12.0. The van der Waals surface area contributed by atoms with Crippen LogP contribution in [0.25, 0.3) is 21.5 Å². The zero-order chi connectivity index (χ0) is 12.9. The number of rotatable bonds is 0. The summed E-state index contributed by atoms with van der Waals surface area (Å²) < 4.78 is 1.89. The molecule has 3 aromatic carbocycles. The minimum Gasteiger partial charge on any atom is -0.0843 e. The summed E-state index contributed by atoms with van der Waals surface area (Å²) >= 11 is 19.4. The second-order valence-electron chi connectivity index (χ2n) is 4.00. The van der Waals surface area contributed by atoms with Gasteiger partial charge in [-0.05, 0) is 50.3 Å². The molecule has 0 radical (unpaired) electrons. The summed E-state index contributed by atoms with van der Waals surface area (Å²) in [5.41, 5.74) is 0. The van der Waals surface area contributed by atoms with Crippen molar-refractivity contribution >= 4 is 76.6 Å². The molecular formula is C14H6Br2Cl2. The standard InChI is InChI=1S/C14H6Br2Cl2/c15-12-4-3-8-10(14(12)18)2-1-9-11(8)5-7(17)6-13(9)16/h1-6H. The van der Waals surface area contributed by atoms with Crippen LogP contribution in [0, 0.1) is 0 Å². The summed E-state index contributed by atoms with van der Waals surface area (Å²) in [5.74, 6) is 0. The average molecular weight is 405 g/mol. The maximum Gasteiger partial charge on any atom is 0.0626 e. The van der Waals surface area contributed by atoms with Crippen LogP contribution in [0.3, 0.4) is 0 Å². The van der Waals surface area contributed by atoms with Crippen molar-refractivity contribution in [3.63, 3.8) is 0 Å². The maximum atomic E-state index is 6.31. The van der Waals surface area contributed by atoms with Crippen molar-refractivity contribution < 1.29 is 0 Å². The molecule has 0 heterocycles. The third kappa shape index (κ3) is 1.96. The molecule has 0 aromatic heterocycles.